The number of aliphatic hydroxyl groups excluding tert-OH is 2. The van der Waals surface area contributed by atoms with Gasteiger partial charge in [0.05, 0.1) is 0 Å². The molecule has 0 radical (unpaired) electrons. The Balaban J connectivity index is 3.40. The third kappa shape index (κ3) is 4.45. The highest BCUT2D eigenvalue weighted by atomic mass is 16.3. The van der Waals surface area contributed by atoms with Gasteiger partial charge in [-0.3, -0.25) is 0 Å². The van der Waals surface area contributed by atoms with Gasteiger partial charge >= 0.3 is 0 Å². The molecule has 0 aliphatic carbocycles. The smallest absolute Gasteiger partial charge is 0.123 e. The summed E-state index contributed by atoms with van der Waals surface area (Å²) < 4.78 is 0. The zero-order valence-electron chi connectivity index (χ0n) is 14.2. The number of hydrogen-bond donors (Lipinski definition) is 3. The van der Waals surface area contributed by atoms with Crippen LogP contribution in [0.1, 0.15) is 58.2 Å². The lowest BCUT2D eigenvalue weighted by Gasteiger charge is -2.28. The van der Waals surface area contributed by atoms with Crippen LogP contribution in [0.15, 0.2) is 12.1 Å². The third-order valence-electron chi connectivity index (χ3n) is 3.83. The molecule has 3 heteroatoms. The van der Waals surface area contributed by atoms with Crippen molar-refractivity contribution < 1.29 is 15.3 Å². The first-order chi connectivity index (χ1) is 9.50. The van der Waals surface area contributed by atoms with Gasteiger partial charge in [0.15, 0.2) is 0 Å². The van der Waals surface area contributed by atoms with Crippen LogP contribution in [0, 0.1) is 5.92 Å². The third-order valence-corrected chi connectivity index (χ3v) is 3.83. The molecule has 0 bridgehead atoms. The van der Waals surface area contributed by atoms with Crippen LogP contribution in [0.5, 0.6) is 5.75 Å². The molecule has 0 fully saturated rings. The van der Waals surface area contributed by atoms with Crippen molar-refractivity contribution in [1.29, 1.82) is 0 Å². The van der Waals surface area contributed by atoms with Crippen molar-refractivity contribution in [3.8, 4) is 5.75 Å². The Kier molecular flexibility index (Phi) is 5.46. The monoisotopic (exact) mass is 294 g/mol. The van der Waals surface area contributed by atoms with Crippen molar-refractivity contribution in [3.63, 3.8) is 0 Å². The van der Waals surface area contributed by atoms with Crippen molar-refractivity contribution in [2.24, 2.45) is 5.92 Å². The topological polar surface area (TPSA) is 60.7 Å². The normalized spacial score (nSPS) is 13.0. The first-order valence-corrected chi connectivity index (χ1v) is 7.59. The van der Waals surface area contributed by atoms with Gasteiger partial charge in [-0.1, -0.05) is 53.7 Å². The van der Waals surface area contributed by atoms with Crippen molar-refractivity contribution in [3.05, 3.63) is 28.8 Å². The number of phenols is 1. The summed E-state index contributed by atoms with van der Waals surface area (Å²) in [6.45, 7) is 12.4. The van der Waals surface area contributed by atoms with Gasteiger partial charge in [0.1, 0.15) is 5.75 Å². The maximum absolute atomic E-state index is 10.6. The first kappa shape index (κ1) is 18.0. The highest BCUT2D eigenvalue weighted by molar-refractivity contribution is 5.50. The molecule has 0 unspecified atom stereocenters. The second-order valence-corrected chi connectivity index (χ2v) is 7.97. The largest absolute Gasteiger partial charge is 0.507 e. The number of aliphatic hydroxyl groups is 2. The van der Waals surface area contributed by atoms with E-state index in [2.05, 4.69) is 41.5 Å². The summed E-state index contributed by atoms with van der Waals surface area (Å²) in [6, 6.07) is 4.01. The van der Waals surface area contributed by atoms with Crippen LogP contribution in [-0.4, -0.2) is 28.5 Å². The van der Waals surface area contributed by atoms with Crippen LogP contribution in [0.2, 0.25) is 0 Å². The van der Waals surface area contributed by atoms with Gasteiger partial charge in [-0.25, -0.2) is 0 Å². The van der Waals surface area contributed by atoms with E-state index in [-0.39, 0.29) is 30.0 Å². The number of phenolic OH excluding ortho intramolecular Hbond substituents is 1. The molecule has 0 aromatic heterocycles. The number of hydrogen-bond acceptors (Lipinski definition) is 3. The predicted molar refractivity (Wildman–Crippen MR) is 86.9 cm³/mol. The molecule has 1 aromatic carbocycles. The Morgan fingerprint density at radius 1 is 0.857 bits per heavy atom. The standard InChI is InChI=1S/C18H30O3/c1-17(2,3)14-8-12(7-13(10-19)11-20)9-15(16(14)21)18(4,5)6/h8-9,13,19-21H,7,10-11H2,1-6H3. The quantitative estimate of drug-likeness (QED) is 0.799. The van der Waals surface area contributed by atoms with E-state index >= 15 is 0 Å². The van der Waals surface area contributed by atoms with E-state index in [4.69, 9.17) is 0 Å². The Bertz CT molecular complexity index is 439. The lowest BCUT2D eigenvalue weighted by atomic mass is 9.77. The molecule has 0 aliphatic heterocycles. The summed E-state index contributed by atoms with van der Waals surface area (Å²) in [7, 11) is 0. The Morgan fingerprint density at radius 2 is 1.24 bits per heavy atom. The molecule has 1 rings (SSSR count). The molecule has 1 aromatic rings. The van der Waals surface area contributed by atoms with Gasteiger partial charge in [-0.2, -0.15) is 0 Å². The van der Waals surface area contributed by atoms with Crippen molar-refractivity contribution in [1.82, 2.24) is 0 Å². The highest BCUT2D eigenvalue weighted by Gasteiger charge is 2.26. The van der Waals surface area contributed by atoms with E-state index < -0.39 is 0 Å². The molecule has 0 saturated carbocycles. The summed E-state index contributed by atoms with van der Waals surface area (Å²) in [5.74, 6) is 0.207. The summed E-state index contributed by atoms with van der Waals surface area (Å²) in [5, 5.41) is 29.2. The fraction of sp³-hybridized carbons (Fsp3) is 0.667. The SMILES string of the molecule is CC(C)(C)c1cc(CC(CO)CO)cc(C(C)(C)C)c1O. The predicted octanol–water partition coefficient (Wildman–Crippen LogP) is 3.13. The molecule has 0 spiro atoms. The zero-order valence-corrected chi connectivity index (χ0v) is 14.2. The Labute approximate surface area is 128 Å². The zero-order chi connectivity index (χ0) is 16.4. The van der Waals surface area contributed by atoms with Crippen molar-refractivity contribution in [2.75, 3.05) is 13.2 Å². The van der Waals surface area contributed by atoms with Crippen molar-refractivity contribution >= 4 is 0 Å². The maximum Gasteiger partial charge on any atom is 0.123 e. The molecule has 0 aliphatic rings. The van der Waals surface area contributed by atoms with E-state index in [1.807, 2.05) is 12.1 Å². The lowest BCUT2D eigenvalue weighted by molar-refractivity contribution is 0.150. The van der Waals surface area contributed by atoms with Crippen LogP contribution >= 0.6 is 0 Å². The minimum atomic E-state index is -0.159. The van der Waals surface area contributed by atoms with E-state index in [1.165, 1.54) is 0 Å². The first-order valence-electron chi connectivity index (χ1n) is 7.59. The van der Waals surface area contributed by atoms with Crippen LogP contribution in [0.25, 0.3) is 0 Å². The Morgan fingerprint density at radius 3 is 1.52 bits per heavy atom. The molecule has 0 heterocycles. The molecule has 3 N–H and O–H groups in total. The van der Waals surface area contributed by atoms with Crippen molar-refractivity contribution in [2.45, 2.75) is 58.8 Å². The summed E-state index contributed by atoms with van der Waals surface area (Å²) in [6.07, 6.45) is 0.611. The molecule has 3 nitrogen and oxygen atoms in total. The highest BCUT2D eigenvalue weighted by Crippen LogP contribution is 2.40. The number of aromatic hydroxyl groups is 1. The Hall–Kier alpha value is -1.06. The van der Waals surface area contributed by atoms with Gasteiger partial charge in [0, 0.05) is 19.1 Å². The van der Waals surface area contributed by atoms with Crippen LogP contribution < -0.4 is 0 Å². The van der Waals surface area contributed by atoms with E-state index in [0.29, 0.717) is 12.2 Å². The van der Waals surface area contributed by atoms with Crippen LogP contribution in [0.4, 0.5) is 0 Å². The average Bonchev–Trinajstić information content (AvgIpc) is 2.34. The summed E-state index contributed by atoms with van der Waals surface area (Å²) >= 11 is 0. The van der Waals surface area contributed by atoms with E-state index in [0.717, 1.165) is 16.7 Å². The van der Waals surface area contributed by atoms with Gasteiger partial charge in [-0.05, 0) is 33.9 Å². The molecule has 0 saturated heterocycles. The molecule has 120 valence electrons. The number of benzene rings is 1. The minimum absolute atomic E-state index is 0.0346. The van der Waals surface area contributed by atoms with Crippen LogP contribution in [-0.2, 0) is 17.3 Å². The fourth-order valence-corrected chi connectivity index (χ4v) is 2.48. The summed E-state index contributed by atoms with van der Waals surface area (Å²) in [4.78, 5) is 0. The number of rotatable bonds is 4. The molecule has 21 heavy (non-hydrogen) atoms. The second kappa shape index (κ2) is 6.37. The second-order valence-electron chi connectivity index (χ2n) is 7.97. The van der Waals surface area contributed by atoms with E-state index in [1.54, 1.807) is 0 Å². The van der Waals surface area contributed by atoms with Gasteiger partial charge < -0.3 is 15.3 Å². The molecule has 0 atom stereocenters. The molecular weight excluding hydrogens is 264 g/mol. The summed E-state index contributed by atoms with van der Waals surface area (Å²) in [5.41, 5.74) is 2.57. The average molecular weight is 294 g/mol. The molecular formula is C18H30O3. The van der Waals surface area contributed by atoms with Gasteiger partial charge in [0.25, 0.3) is 0 Å². The fourth-order valence-electron chi connectivity index (χ4n) is 2.48. The van der Waals surface area contributed by atoms with Gasteiger partial charge in [-0.15, -0.1) is 0 Å². The maximum atomic E-state index is 10.6. The lowest BCUT2D eigenvalue weighted by Crippen LogP contribution is -2.20. The van der Waals surface area contributed by atoms with E-state index in [9.17, 15) is 15.3 Å². The van der Waals surface area contributed by atoms with Gasteiger partial charge in [0.2, 0.25) is 0 Å². The van der Waals surface area contributed by atoms with Crippen LogP contribution in [0.3, 0.4) is 0 Å². The minimum Gasteiger partial charge on any atom is -0.507 e. The molecule has 0 amide bonds.